The maximum atomic E-state index is 12.7. The fraction of sp³-hybridized carbons (Fsp3) is 0.583. The third-order valence-electron chi connectivity index (χ3n) is 8.25. The number of benzene rings is 1. The van der Waals surface area contributed by atoms with Gasteiger partial charge in [0.15, 0.2) is 5.82 Å². The van der Waals surface area contributed by atoms with Gasteiger partial charge in [0.25, 0.3) is 0 Å². The van der Waals surface area contributed by atoms with Crippen LogP contribution in [0.25, 0.3) is 0 Å². The lowest BCUT2D eigenvalue weighted by atomic mass is 9.76. The Labute approximate surface area is 196 Å². The molecule has 0 radical (unpaired) electrons. The molecule has 3 heterocycles. The lowest BCUT2D eigenvalue weighted by molar-refractivity contribution is 0.115. The minimum atomic E-state index is -1.07. The monoisotopic (exact) mass is 472 g/mol. The summed E-state index contributed by atoms with van der Waals surface area (Å²) in [6.45, 7) is 2.76. The predicted molar refractivity (Wildman–Crippen MR) is 127 cm³/mol. The quantitative estimate of drug-likeness (QED) is 0.733. The Morgan fingerprint density at radius 2 is 1.88 bits per heavy atom. The molecule has 3 atom stereocenters. The van der Waals surface area contributed by atoms with E-state index in [1.165, 1.54) is 18.4 Å². The van der Waals surface area contributed by atoms with Crippen molar-refractivity contribution in [2.24, 2.45) is 11.8 Å². The van der Waals surface area contributed by atoms with Crippen LogP contribution in [0, 0.1) is 11.8 Å². The first kappa shape index (κ1) is 20.9. The van der Waals surface area contributed by atoms with Gasteiger partial charge in [-0.15, -0.1) is 0 Å². The normalized spacial score (nSPS) is 30.7. The Balaban J connectivity index is 1.22. The van der Waals surface area contributed by atoms with E-state index in [2.05, 4.69) is 26.9 Å². The zero-order chi connectivity index (χ0) is 21.9. The molecular formula is C24H29ClN4O2S. The summed E-state index contributed by atoms with van der Waals surface area (Å²) >= 11 is 6.06. The van der Waals surface area contributed by atoms with E-state index in [4.69, 9.17) is 16.6 Å². The molecule has 32 heavy (non-hydrogen) atoms. The van der Waals surface area contributed by atoms with Gasteiger partial charge < -0.3 is 14.9 Å². The van der Waals surface area contributed by atoms with Crippen molar-refractivity contribution >= 4 is 34.2 Å². The lowest BCUT2D eigenvalue weighted by Crippen LogP contribution is -2.59. The van der Waals surface area contributed by atoms with Crippen molar-refractivity contribution in [1.29, 1.82) is 0 Å². The van der Waals surface area contributed by atoms with Crippen molar-refractivity contribution in [3.8, 4) is 0 Å². The van der Waals surface area contributed by atoms with E-state index < -0.39 is 10.8 Å². The van der Waals surface area contributed by atoms with Gasteiger partial charge in [0.05, 0.1) is 34.0 Å². The minimum absolute atomic E-state index is 0.123. The average Bonchev–Trinajstić information content (AvgIpc) is 3.35. The molecule has 0 amide bonds. The molecule has 6 nitrogen and oxygen atoms in total. The summed E-state index contributed by atoms with van der Waals surface area (Å²) in [5, 5.41) is 10.9. The van der Waals surface area contributed by atoms with Gasteiger partial charge >= 0.3 is 0 Å². The molecule has 1 aromatic carbocycles. The highest BCUT2D eigenvalue weighted by Crippen LogP contribution is 2.47. The smallest absolute Gasteiger partial charge is 0.227 e. The summed E-state index contributed by atoms with van der Waals surface area (Å²) in [6, 6.07) is 8.33. The molecule has 2 aliphatic carbocycles. The summed E-state index contributed by atoms with van der Waals surface area (Å²) in [6.07, 6.45) is 7.21. The van der Waals surface area contributed by atoms with E-state index in [0.29, 0.717) is 30.1 Å². The number of aliphatic hydroxyl groups is 1. The van der Waals surface area contributed by atoms with Crippen molar-refractivity contribution in [1.82, 2.24) is 9.97 Å². The van der Waals surface area contributed by atoms with Crippen LogP contribution >= 0.6 is 11.6 Å². The maximum Gasteiger partial charge on any atom is 0.227 e. The SMILES string of the molecule is O=[S@@]1CCN(C2(CO)CCC2)c2nc(N3CC4CC(c5ccc(Cl)cc5)CC4C3)ncc21. The second-order valence-electron chi connectivity index (χ2n) is 9.94. The molecule has 2 aromatic rings. The fourth-order valence-electron chi connectivity index (χ4n) is 6.28. The first-order valence-corrected chi connectivity index (χ1v) is 13.4. The Morgan fingerprint density at radius 1 is 1.16 bits per heavy atom. The molecule has 1 aromatic heterocycles. The number of nitrogens with zero attached hydrogens (tertiary/aromatic N) is 4. The van der Waals surface area contributed by atoms with E-state index >= 15 is 0 Å². The highest BCUT2D eigenvalue weighted by Gasteiger charge is 2.46. The fourth-order valence-corrected chi connectivity index (χ4v) is 7.50. The van der Waals surface area contributed by atoms with Crippen LogP contribution in [-0.2, 0) is 10.8 Å². The van der Waals surface area contributed by atoms with Crippen LogP contribution in [0.1, 0.15) is 43.6 Å². The summed E-state index contributed by atoms with van der Waals surface area (Å²) < 4.78 is 12.7. The van der Waals surface area contributed by atoms with E-state index in [1.54, 1.807) is 6.20 Å². The van der Waals surface area contributed by atoms with Crippen LogP contribution in [0.15, 0.2) is 35.4 Å². The summed E-state index contributed by atoms with van der Waals surface area (Å²) in [7, 11) is -1.07. The third-order valence-corrected chi connectivity index (χ3v) is 9.84. The third kappa shape index (κ3) is 3.35. The van der Waals surface area contributed by atoms with Crippen molar-refractivity contribution in [2.75, 3.05) is 41.8 Å². The zero-order valence-corrected chi connectivity index (χ0v) is 19.7. The Morgan fingerprint density at radius 3 is 2.50 bits per heavy atom. The predicted octanol–water partition coefficient (Wildman–Crippen LogP) is 3.60. The van der Waals surface area contributed by atoms with Crippen molar-refractivity contribution in [2.45, 2.75) is 48.5 Å². The maximum absolute atomic E-state index is 12.7. The number of halogens is 1. The van der Waals surface area contributed by atoms with Gasteiger partial charge in [0.1, 0.15) is 0 Å². The molecule has 1 N–H and O–H groups in total. The Kier molecular flexibility index (Phi) is 5.19. The molecule has 2 unspecified atom stereocenters. The van der Waals surface area contributed by atoms with Gasteiger partial charge in [0, 0.05) is 30.4 Å². The molecule has 0 spiro atoms. The average molecular weight is 473 g/mol. The zero-order valence-electron chi connectivity index (χ0n) is 18.1. The van der Waals surface area contributed by atoms with Crippen LogP contribution < -0.4 is 9.80 Å². The van der Waals surface area contributed by atoms with Gasteiger partial charge in [-0.05, 0) is 67.6 Å². The second-order valence-corrected chi connectivity index (χ2v) is 11.9. The number of hydrogen-bond donors (Lipinski definition) is 1. The summed E-state index contributed by atoms with van der Waals surface area (Å²) in [4.78, 5) is 14.9. The molecule has 1 saturated heterocycles. The Bertz CT molecular complexity index is 1030. The van der Waals surface area contributed by atoms with Crippen LogP contribution in [-0.4, -0.2) is 56.8 Å². The van der Waals surface area contributed by atoms with Gasteiger partial charge in [-0.2, -0.15) is 4.98 Å². The van der Waals surface area contributed by atoms with Crippen molar-refractivity contribution < 1.29 is 9.32 Å². The van der Waals surface area contributed by atoms with Crippen LogP contribution in [0.3, 0.4) is 0 Å². The summed E-state index contributed by atoms with van der Waals surface area (Å²) in [5.41, 5.74) is 1.16. The molecule has 2 aliphatic heterocycles. The van der Waals surface area contributed by atoms with Crippen LogP contribution in [0.4, 0.5) is 11.8 Å². The number of aliphatic hydroxyl groups excluding tert-OH is 1. The minimum Gasteiger partial charge on any atom is -0.394 e. The second kappa shape index (κ2) is 7.96. The molecule has 3 fully saturated rings. The van der Waals surface area contributed by atoms with Gasteiger partial charge in [0.2, 0.25) is 5.95 Å². The number of anilines is 2. The Hall–Kier alpha value is -1.70. The number of aromatic nitrogens is 2. The highest BCUT2D eigenvalue weighted by atomic mass is 35.5. The molecule has 0 bridgehead atoms. The largest absolute Gasteiger partial charge is 0.394 e. The van der Waals surface area contributed by atoms with Crippen molar-refractivity contribution in [3.05, 3.63) is 41.0 Å². The van der Waals surface area contributed by atoms with E-state index in [-0.39, 0.29) is 12.1 Å². The van der Waals surface area contributed by atoms with Crippen LogP contribution in [0.5, 0.6) is 0 Å². The topological polar surface area (TPSA) is 69.6 Å². The van der Waals surface area contributed by atoms with Gasteiger partial charge in [-0.3, -0.25) is 4.21 Å². The number of rotatable bonds is 4. The van der Waals surface area contributed by atoms with E-state index in [1.807, 2.05) is 12.1 Å². The molecule has 4 aliphatic rings. The van der Waals surface area contributed by atoms with Crippen LogP contribution in [0.2, 0.25) is 5.02 Å². The molecular weight excluding hydrogens is 444 g/mol. The molecule has 6 rings (SSSR count). The highest BCUT2D eigenvalue weighted by molar-refractivity contribution is 7.85. The number of hydrogen-bond acceptors (Lipinski definition) is 6. The first-order chi connectivity index (χ1) is 15.6. The standard InChI is InChI=1S/C24H29ClN4O2S/c25-20-4-2-16(3-5-20)17-10-18-13-28(14-19(18)11-17)23-26-12-21-22(27-23)29(8-9-32(21)31)24(15-30)6-1-7-24/h2-5,12,17-19,30H,1,6-11,13-15H2/t17?,18?,19?,32-/m1/s1. The van der Waals surface area contributed by atoms with E-state index in [9.17, 15) is 9.32 Å². The lowest BCUT2D eigenvalue weighted by Gasteiger charge is -2.51. The van der Waals surface area contributed by atoms with Gasteiger partial charge in [-0.25, -0.2) is 4.98 Å². The molecule has 8 heteroatoms. The van der Waals surface area contributed by atoms with E-state index in [0.717, 1.165) is 54.0 Å². The van der Waals surface area contributed by atoms with Crippen molar-refractivity contribution in [3.63, 3.8) is 0 Å². The first-order valence-electron chi connectivity index (χ1n) is 11.7. The molecule has 170 valence electrons. The summed E-state index contributed by atoms with van der Waals surface area (Å²) in [5.74, 6) is 4.01. The molecule has 2 saturated carbocycles. The number of fused-ring (bicyclic) bond motifs is 2. The van der Waals surface area contributed by atoms with Gasteiger partial charge in [-0.1, -0.05) is 23.7 Å².